The fourth-order valence-electron chi connectivity index (χ4n) is 1.27. The number of benzene rings is 1. The number of nitrogens with one attached hydrogen (secondary N) is 1. The molecule has 1 aromatic rings. The maximum absolute atomic E-state index is 10.8. The van der Waals surface area contributed by atoms with Gasteiger partial charge in [0.25, 0.3) is 0 Å². The Morgan fingerprint density at radius 2 is 2.29 bits per heavy atom. The first kappa shape index (κ1) is 8.71. The Hall–Kier alpha value is -1.88. The van der Waals surface area contributed by atoms with Crippen LogP contribution in [0.2, 0.25) is 0 Å². The molecule has 2 N–H and O–H groups in total. The number of rotatable bonds is 1. The van der Waals surface area contributed by atoms with E-state index in [-0.39, 0.29) is 5.75 Å². The predicted octanol–water partition coefficient (Wildman–Crippen LogP) is 0.592. The summed E-state index contributed by atoms with van der Waals surface area (Å²) in [6.07, 6.45) is -1.17. The molecule has 0 radical (unpaired) electrons. The van der Waals surface area contributed by atoms with Gasteiger partial charge < -0.3 is 9.84 Å². The lowest BCUT2D eigenvalue weighted by Gasteiger charge is -2.21. The molecule has 0 saturated heterocycles. The number of hydrogen-bond acceptors (Lipinski definition) is 4. The number of amides is 1. The zero-order valence-corrected chi connectivity index (χ0v) is 7.06. The van der Waals surface area contributed by atoms with Crippen molar-refractivity contribution >= 4 is 12.4 Å². The highest BCUT2D eigenvalue weighted by Gasteiger charge is 2.24. The van der Waals surface area contributed by atoms with Crippen molar-refractivity contribution in [3.05, 3.63) is 29.3 Å². The van der Waals surface area contributed by atoms with Crippen LogP contribution in [-0.4, -0.2) is 17.5 Å². The summed E-state index contributed by atoms with van der Waals surface area (Å²) in [6, 6.07) is 4.45. The van der Waals surface area contributed by atoms with Gasteiger partial charge in [-0.2, -0.15) is 0 Å². The molecule has 0 fully saturated rings. The number of aliphatic hydroxyl groups is 1. The lowest BCUT2D eigenvalue weighted by atomic mass is 10.1. The molecular formula is C9H7NO4. The summed E-state index contributed by atoms with van der Waals surface area (Å²) in [5, 5.41) is 11.6. The van der Waals surface area contributed by atoms with Crippen LogP contribution in [0.3, 0.4) is 0 Å². The fourth-order valence-corrected chi connectivity index (χ4v) is 1.27. The van der Waals surface area contributed by atoms with E-state index in [9.17, 15) is 14.7 Å². The van der Waals surface area contributed by atoms with Gasteiger partial charge in [-0.1, -0.05) is 0 Å². The average Bonchev–Trinajstić information content (AvgIpc) is 2.17. The Labute approximate surface area is 79.3 Å². The van der Waals surface area contributed by atoms with Gasteiger partial charge in [-0.25, -0.2) is 4.79 Å². The Morgan fingerprint density at radius 3 is 3.00 bits per heavy atom. The Bertz CT molecular complexity index is 402. The van der Waals surface area contributed by atoms with Crippen molar-refractivity contribution < 1.29 is 19.4 Å². The van der Waals surface area contributed by atoms with Crippen LogP contribution in [0.15, 0.2) is 18.2 Å². The van der Waals surface area contributed by atoms with E-state index in [1.54, 1.807) is 0 Å². The summed E-state index contributed by atoms with van der Waals surface area (Å²) in [5.74, 6) is 0.270. The van der Waals surface area contributed by atoms with Crippen molar-refractivity contribution in [2.75, 3.05) is 0 Å². The first-order valence-electron chi connectivity index (χ1n) is 3.96. The minimum absolute atomic E-state index is 0.270. The maximum Gasteiger partial charge on any atom is 0.414 e. The van der Waals surface area contributed by atoms with Gasteiger partial charge in [0.1, 0.15) is 12.0 Å². The van der Waals surface area contributed by atoms with Crippen LogP contribution >= 0.6 is 0 Å². The van der Waals surface area contributed by atoms with Crippen LogP contribution in [-0.2, 0) is 0 Å². The Balaban J connectivity index is 2.48. The molecule has 1 aliphatic rings. The van der Waals surface area contributed by atoms with Gasteiger partial charge in [-0.15, -0.1) is 0 Å². The molecule has 1 unspecified atom stereocenters. The molecule has 1 amide bonds. The molecule has 5 heteroatoms. The Kier molecular flexibility index (Phi) is 1.94. The number of hydrogen-bond donors (Lipinski definition) is 2. The molecule has 2 rings (SSSR count). The first-order chi connectivity index (χ1) is 6.70. The largest absolute Gasteiger partial charge is 0.414 e. The van der Waals surface area contributed by atoms with E-state index in [0.29, 0.717) is 17.4 Å². The van der Waals surface area contributed by atoms with Gasteiger partial charge in [0.2, 0.25) is 0 Å². The van der Waals surface area contributed by atoms with Crippen molar-refractivity contribution in [1.82, 2.24) is 5.32 Å². The lowest BCUT2D eigenvalue weighted by Crippen LogP contribution is -2.35. The van der Waals surface area contributed by atoms with E-state index in [1.165, 1.54) is 18.2 Å². The molecule has 1 atom stereocenters. The second kappa shape index (κ2) is 3.12. The van der Waals surface area contributed by atoms with Crippen LogP contribution in [0.1, 0.15) is 22.1 Å². The molecule has 1 aliphatic heterocycles. The van der Waals surface area contributed by atoms with Crippen molar-refractivity contribution in [3.63, 3.8) is 0 Å². The standard InChI is InChI=1S/C9H7NO4/c11-4-5-1-2-7-6(3-5)8(12)10-9(13)14-7/h1-4,8,12H,(H,10,13). The SMILES string of the molecule is O=Cc1ccc2c(c1)C(O)NC(=O)O2. The summed E-state index contributed by atoms with van der Waals surface area (Å²) < 4.78 is 4.78. The summed E-state index contributed by atoms with van der Waals surface area (Å²) in [4.78, 5) is 21.3. The predicted molar refractivity (Wildman–Crippen MR) is 45.9 cm³/mol. The molecule has 0 spiro atoms. The maximum atomic E-state index is 10.8. The van der Waals surface area contributed by atoms with Crippen LogP contribution < -0.4 is 10.1 Å². The van der Waals surface area contributed by atoms with E-state index in [2.05, 4.69) is 5.32 Å². The molecule has 0 bridgehead atoms. The second-order valence-corrected chi connectivity index (χ2v) is 2.85. The average molecular weight is 193 g/mol. The van der Waals surface area contributed by atoms with E-state index < -0.39 is 12.3 Å². The summed E-state index contributed by atoms with van der Waals surface area (Å²) >= 11 is 0. The number of aldehydes is 1. The third-order valence-electron chi connectivity index (χ3n) is 1.92. The van der Waals surface area contributed by atoms with E-state index >= 15 is 0 Å². The van der Waals surface area contributed by atoms with E-state index in [4.69, 9.17) is 4.74 Å². The van der Waals surface area contributed by atoms with Crippen LogP contribution in [0, 0.1) is 0 Å². The Morgan fingerprint density at radius 1 is 1.50 bits per heavy atom. The highest BCUT2D eigenvalue weighted by molar-refractivity contribution is 5.78. The van der Waals surface area contributed by atoms with Crippen molar-refractivity contribution in [3.8, 4) is 5.75 Å². The molecular weight excluding hydrogens is 186 g/mol. The molecule has 14 heavy (non-hydrogen) atoms. The number of fused-ring (bicyclic) bond motifs is 1. The third-order valence-corrected chi connectivity index (χ3v) is 1.92. The van der Waals surface area contributed by atoms with Gasteiger partial charge in [-0.05, 0) is 18.2 Å². The lowest BCUT2D eigenvalue weighted by molar-refractivity contribution is 0.108. The molecule has 1 heterocycles. The van der Waals surface area contributed by atoms with E-state index in [1.807, 2.05) is 0 Å². The topological polar surface area (TPSA) is 75.6 Å². The minimum Gasteiger partial charge on any atom is -0.410 e. The quantitative estimate of drug-likeness (QED) is 0.640. The molecule has 5 nitrogen and oxygen atoms in total. The van der Waals surface area contributed by atoms with Crippen LogP contribution in [0.4, 0.5) is 4.79 Å². The zero-order valence-electron chi connectivity index (χ0n) is 7.06. The van der Waals surface area contributed by atoms with Crippen LogP contribution in [0.5, 0.6) is 5.75 Å². The molecule has 72 valence electrons. The molecule has 0 aromatic heterocycles. The van der Waals surface area contributed by atoms with Crippen LogP contribution in [0.25, 0.3) is 0 Å². The van der Waals surface area contributed by atoms with Gasteiger partial charge in [0, 0.05) is 11.1 Å². The van der Waals surface area contributed by atoms with Crippen molar-refractivity contribution in [2.24, 2.45) is 0 Å². The number of carbonyl (C=O) groups excluding carboxylic acids is 2. The number of aliphatic hydroxyl groups excluding tert-OH is 1. The monoisotopic (exact) mass is 193 g/mol. The van der Waals surface area contributed by atoms with Crippen molar-refractivity contribution in [1.29, 1.82) is 0 Å². The fraction of sp³-hybridized carbons (Fsp3) is 0.111. The zero-order chi connectivity index (χ0) is 10.1. The number of ether oxygens (including phenoxy) is 1. The highest BCUT2D eigenvalue weighted by atomic mass is 16.6. The van der Waals surface area contributed by atoms with Crippen molar-refractivity contribution in [2.45, 2.75) is 6.23 Å². The van der Waals surface area contributed by atoms with Gasteiger partial charge >= 0.3 is 6.09 Å². The van der Waals surface area contributed by atoms with Gasteiger partial charge in [0.05, 0.1) is 0 Å². The number of carbonyl (C=O) groups is 2. The summed E-state index contributed by atoms with van der Waals surface area (Å²) in [5.41, 5.74) is 0.803. The molecule has 0 aliphatic carbocycles. The highest BCUT2D eigenvalue weighted by Crippen LogP contribution is 2.28. The first-order valence-corrected chi connectivity index (χ1v) is 3.96. The summed E-state index contributed by atoms with van der Waals surface area (Å²) in [7, 11) is 0. The second-order valence-electron chi connectivity index (χ2n) is 2.85. The summed E-state index contributed by atoms with van der Waals surface area (Å²) in [6.45, 7) is 0. The molecule has 1 aromatic carbocycles. The minimum atomic E-state index is -1.12. The van der Waals surface area contributed by atoms with Gasteiger partial charge in [-0.3, -0.25) is 10.1 Å². The molecule has 0 saturated carbocycles. The third kappa shape index (κ3) is 1.33. The smallest absolute Gasteiger partial charge is 0.410 e. The van der Waals surface area contributed by atoms with Gasteiger partial charge in [0.15, 0.2) is 6.23 Å². The normalized spacial score (nSPS) is 19.2. The van der Waals surface area contributed by atoms with E-state index in [0.717, 1.165) is 0 Å².